The van der Waals surface area contributed by atoms with Gasteiger partial charge in [0.05, 0.1) is 5.56 Å². The molecule has 1 heterocycles. The third kappa shape index (κ3) is 2.04. The van der Waals surface area contributed by atoms with Gasteiger partial charge in [-0.15, -0.1) is 0 Å². The summed E-state index contributed by atoms with van der Waals surface area (Å²) in [4.78, 5) is 23.6. The van der Waals surface area contributed by atoms with Gasteiger partial charge in [-0.2, -0.15) is 0 Å². The van der Waals surface area contributed by atoms with Crippen LogP contribution in [-0.4, -0.2) is 10.4 Å². The van der Waals surface area contributed by atoms with Gasteiger partial charge in [0.1, 0.15) is 0 Å². The van der Waals surface area contributed by atoms with Crippen molar-refractivity contribution in [3.8, 4) is 5.69 Å². The van der Waals surface area contributed by atoms with E-state index in [-0.39, 0.29) is 16.9 Å². The van der Waals surface area contributed by atoms with Crippen molar-refractivity contribution in [2.75, 3.05) is 0 Å². The maximum atomic E-state index is 12.2. The van der Waals surface area contributed by atoms with Crippen molar-refractivity contribution < 1.29 is 4.79 Å². The molecule has 3 nitrogen and oxygen atoms in total. The smallest absolute Gasteiger partial charge is 0.266 e. The Morgan fingerprint density at radius 1 is 1.12 bits per heavy atom. The molecule has 0 radical (unpaired) electrons. The summed E-state index contributed by atoms with van der Waals surface area (Å²) in [5, 5.41) is 0. The van der Waals surface area contributed by atoms with Crippen LogP contribution in [0.4, 0.5) is 0 Å². The first kappa shape index (κ1) is 11.3. The molecule has 2 aromatic rings. The summed E-state index contributed by atoms with van der Waals surface area (Å²) in [5.41, 5.74) is 1.48. The number of hydrogen-bond donors (Lipinski definition) is 0. The first-order valence-electron chi connectivity index (χ1n) is 5.40. The van der Waals surface area contributed by atoms with Gasteiger partial charge in [0.15, 0.2) is 5.78 Å². The number of benzene rings is 1. The number of aryl methyl sites for hydroxylation is 1. The normalized spacial score (nSPS) is 10.2. The Bertz CT molecular complexity index is 612. The molecule has 1 aromatic carbocycles. The molecule has 0 N–H and O–H groups in total. The summed E-state index contributed by atoms with van der Waals surface area (Å²) in [5.74, 6) is -0.196. The van der Waals surface area contributed by atoms with Gasteiger partial charge in [0.2, 0.25) is 0 Å². The van der Waals surface area contributed by atoms with Crippen LogP contribution >= 0.6 is 0 Å². The summed E-state index contributed by atoms with van der Waals surface area (Å²) in [6.07, 6.45) is 1.69. The van der Waals surface area contributed by atoms with Crippen molar-refractivity contribution in [2.24, 2.45) is 0 Å². The van der Waals surface area contributed by atoms with Gasteiger partial charge in [0, 0.05) is 11.9 Å². The van der Waals surface area contributed by atoms with Crippen LogP contribution in [0.15, 0.2) is 47.4 Å². The molecule has 0 fully saturated rings. The van der Waals surface area contributed by atoms with Crippen molar-refractivity contribution in [3.63, 3.8) is 0 Å². The molecule has 0 aliphatic carbocycles. The summed E-state index contributed by atoms with van der Waals surface area (Å²) < 4.78 is 1.49. The van der Waals surface area contributed by atoms with Gasteiger partial charge >= 0.3 is 0 Å². The molecule has 0 saturated carbocycles. The zero-order chi connectivity index (χ0) is 12.4. The van der Waals surface area contributed by atoms with Crippen LogP contribution in [0, 0.1) is 6.92 Å². The lowest BCUT2D eigenvalue weighted by Gasteiger charge is -2.08. The highest BCUT2D eigenvalue weighted by Crippen LogP contribution is 2.08. The van der Waals surface area contributed by atoms with E-state index >= 15 is 0 Å². The van der Waals surface area contributed by atoms with Gasteiger partial charge in [-0.3, -0.25) is 14.2 Å². The van der Waals surface area contributed by atoms with Crippen molar-refractivity contribution in [3.05, 3.63) is 64.1 Å². The summed E-state index contributed by atoms with van der Waals surface area (Å²) in [7, 11) is 0. The van der Waals surface area contributed by atoms with Crippen LogP contribution in [0.25, 0.3) is 5.69 Å². The number of ketones is 1. The number of para-hydroxylation sites is 1. The summed E-state index contributed by atoms with van der Waals surface area (Å²) in [6.45, 7) is 3.19. The van der Waals surface area contributed by atoms with E-state index in [1.54, 1.807) is 19.2 Å². The molecule has 0 aliphatic rings. The van der Waals surface area contributed by atoms with Gasteiger partial charge in [-0.25, -0.2) is 0 Å². The highest BCUT2D eigenvalue weighted by Gasteiger charge is 2.11. The second-order valence-electron chi connectivity index (χ2n) is 3.94. The van der Waals surface area contributed by atoms with E-state index in [2.05, 4.69) is 0 Å². The van der Waals surface area contributed by atoms with E-state index in [4.69, 9.17) is 0 Å². The summed E-state index contributed by atoms with van der Waals surface area (Å²) >= 11 is 0. The van der Waals surface area contributed by atoms with Crippen LogP contribution in [0.3, 0.4) is 0 Å². The zero-order valence-corrected chi connectivity index (χ0v) is 9.81. The third-order valence-electron chi connectivity index (χ3n) is 2.69. The summed E-state index contributed by atoms with van der Waals surface area (Å²) in [6, 6.07) is 11.0. The zero-order valence-electron chi connectivity index (χ0n) is 9.81. The molecular formula is C14H13NO2. The number of aromatic nitrogens is 1. The van der Waals surface area contributed by atoms with Crippen molar-refractivity contribution in [1.82, 2.24) is 4.57 Å². The lowest BCUT2D eigenvalue weighted by Crippen LogP contribution is -2.25. The molecule has 3 heteroatoms. The molecule has 0 bridgehead atoms. The molecule has 1 aromatic heterocycles. The lowest BCUT2D eigenvalue weighted by atomic mass is 10.1. The Labute approximate surface area is 99.3 Å². The first-order chi connectivity index (χ1) is 8.11. The molecule has 0 unspecified atom stereocenters. The molecule has 17 heavy (non-hydrogen) atoms. The molecule has 0 saturated heterocycles. The topological polar surface area (TPSA) is 39.1 Å². The highest BCUT2D eigenvalue weighted by atomic mass is 16.1. The van der Waals surface area contributed by atoms with E-state index in [0.29, 0.717) is 0 Å². The Kier molecular flexibility index (Phi) is 2.91. The maximum Gasteiger partial charge on any atom is 0.266 e. The average Bonchev–Trinajstić information content (AvgIpc) is 2.30. The Morgan fingerprint density at radius 3 is 2.35 bits per heavy atom. The van der Waals surface area contributed by atoms with Crippen LogP contribution in [0.1, 0.15) is 22.8 Å². The number of Topliss-reactive ketones (excluding diaryl/α,β-unsaturated/α-hetero) is 1. The Balaban J connectivity index is 2.71. The van der Waals surface area contributed by atoms with E-state index in [1.165, 1.54) is 11.5 Å². The van der Waals surface area contributed by atoms with E-state index in [9.17, 15) is 9.59 Å². The predicted octanol–water partition coefficient (Wildman–Crippen LogP) is 2.35. The van der Waals surface area contributed by atoms with E-state index < -0.39 is 0 Å². The molecular weight excluding hydrogens is 214 g/mol. The molecule has 0 spiro atoms. The fourth-order valence-electron chi connectivity index (χ4n) is 1.85. The van der Waals surface area contributed by atoms with Crippen LogP contribution in [-0.2, 0) is 0 Å². The van der Waals surface area contributed by atoms with E-state index in [1.807, 2.05) is 30.3 Å². The fraction of sp³-hybridized carbons (Fsp3) is 0.143. The van der Waals surface area contributed by atoms with Crippen LogP contribution in [0.2, 0.25) is 0 Å². The number of rotatable bonds is 2. The predicted molar refractivity (Wildman–Crippen MR) is 66.8 cm³/mol. The maximum absolute atomic E-state index is 12.2. The van der Waals surface area contributed by atoms with Crippen molar-refractivity contribution in [2.45, 2.75) is 13.8 Å². The largest absolute Gasteiger partial charge is 0.294 e. The molecule has 0 atom stereocenters. The number of pyridine rings is 1. The molecule has 0 aliphatic heterocycles. The van der Waals surface area contributed by atoms with Crippen LogP contribution in [0.5, 0.6) is 0 Å². The van der Waals surface area contributed by atoms with Gasteiger partial charge in [0.25, 0.3) is 5.56 Å². The fourth-order valence-corrected chi connectivity index (χ4v) is 1.85. The Hall–Kier alpha value is -2.16. The SMILES string of the molecule is CC(=O)c1c(C)ccn(-c2ccccc2)c1=O. The number of hydrogen-bond acceptors (Lipinski definition) is 2. The van der Waals surface area contributed by atoms with Crippen molar-refractivity contribution in [1.29, 1.82) is 0 Å². The monoisotopic (exact) mass is 227 g/mol. The minimum absolute atomic E-state index is 0.196. The van der Waals surface area contributed by atoms with Gasteiger partial charge in [-0.05, 0) is 37.6 Å². The van der Waals surface area contributed by atoms with E-state index in [0.717, 1.165) is 11.3 Å². The lowest BCUT2D eigenvalue weighted by molar-refractivity contribution is 0.101. The molecule has 86 valence electrons. The third-order valence-corrected chi connectivity index (χ3v) is 2.69. The van der Waals surface area contributed by atoms with Crippen LogP contribution < -0.4 is 5.56 Å². The minimum Gasteiger partial charge on any atom is -0.294 e. The standard InChI is InChI=1S/C14H13NO2/c1-10-8-9-15(12-6-4-3-5-7-12)14(17)13(10)11(2)16/h3-9H,1-2H3. The second-order valence-corrected chi connectivity index (χ2v) is 3.94. The number of carbonyl (C=O) groups excluding carboxylic acids is 1. The van der Waals surface area contributed by atoms with Gasteiger partial charge < -0.3 is 0 Å². The highest BCUT2D eigenvalue weighted by molar-refractivity contribution is 5.95. The van der Waals surface area contributed by atoms with Gasteiger partial charge in [-0.1, -0.05) is 18.2 Å². The molecule has 0 amide bonds. The second kappa shape index (κ2) is 4.37. The minimum atomic E-state index is -0.260. The number of carbonyl (C=O) groups is 1. The molecule has 2 rings (SSSR count). The van der Waals surface area contributed by atoms with Crippen molar-refractivity contribution >= 4 is 5.78 Å². The Morgan fingerprint density at radius 2 is 1.76 bits per heavy atom. The first-order valence-corrected chi connectivity index (χ1v) is 5.40. The average molecular weight is 227 g/mol. The quantitative estimate of drug-likeness (QED) is 0.739. The number of nitrogens with zero attached hydrogens (tertiary/aromatic N) is 1.